The molecule has 0 spiro atoms. The van der Waals surface area contributed by atoms with Crippen LogP contribution in [0.15, 0.2) is 78.6 Å². The topological polar surface area (TPSA) is 79.7 Å². The van der Waals surface area contributed by atoms with E-state index in [4.69, 9.17) is 4.74 Å². The highest BCUT2D eigenvalue weighted by molar-refractivity contribution is 6.46. The van der Waals surface area contributed by atoms with Crippen LogP contribution in [0.2, 0.25) is 0 Å². The van der Waals surface area contributed by atoms with Crippen LogP contribution in [0, 0.1) is 5.82 Å². The molecule has 7 heteroatoms. The summed E-state index contributed by atoms with van der Waals surface area (Å²) in [6.07, 6.45) is 3.12. The van der Waals surface area contributed by atoms with E-state index in [9.17, 15) is 19.1 Å². The van der Waals surface area contributed by atoms with Gasteiger partial charge in [-0.15, -0.1) is 0 Å². The molecule has 0 aliphatic carbocycles. The van der Waals surface area contributed by atoms with Crippen LogP contribution in [-0.2, 0) is 16.1 Å². The molecule has 1 aromatic heterocycles. The van der Waals surface area contributed by atoms with E-state index in [1.165, 1.54) is 17.0 Å². The zero-order valence-electron chi connectivity index (χ0n) is 17.4. The third-order valence-electron chi connectivity index (χ3n) is 5.27. The molecule has 1 saturated heterocycles. The Morgan fingerprint density at radius 2 is 1.69 bits per heavy atom. The van der Waals surface area contributed by atoms with E-state index in [1.807, 2.05) is 6.92 Å². The number of aliphatic hydroxyl groups excluding tert-OH is 1. The molecule has 0 radical (unpaired) electrons. The monoisotopic (exact) mass is 432 g/mol. The molecule has 1 amide bonds. The molecule has 1 aliphatic rings. The second-order valence-corrected chi connectivity index (χ2v) is 7.29. The summed E-state index contributed by atoms with van der Waals surface area (Å²) < 4.78 is 18.7. The number of hydrogen-bond donors (Lipinski definition) is 1. The van der Waals surface area contributed by atoms with E-state index in [2.05, 4.69) is 4.98 Å². The van der Waals surface area contributed by atoms with Crippen LogP contribution in [0.5, 0.6) is 5.75 Å². The molecule has 1 fully saturated rings. The Balaban J connectivity index is 1.79. The summed E-state index contributed by atoms with van der Waals surface area (Å²) in [6.45, 7) is 2.45. The lowest BCUT2D eigenvalue weighted by Crippen LogP contribution is -2.29. The van der Waals surface area contributed by atoms with Gasteiger partial charge in [0.15, 0.2) is 0 Å². The quantitative estimate of drug-likeness (QED) is 0.358. The number of carbonyl (C=O) groups excluding carboxylic acids is 2. The molecule has 1 aliphatic heterocycles. The van der Waals surface area contributed by atoms with Gasteiger partial charge in [0.1, 0.15) is 17.3 Å². The normalized spacial score (nSPS) is 17.6. The van der Waals surface area contributed by atoms with E-state index in [-0.39, 0.29) is 17.9 Å². The molecule has 3 aromatic rings. The van der Waals surface area contributed by atoms with Crippen LogP contribution >= 0.6 is 0 Å². The zero-order chi connectivity index (χ0) is 22.7. The Morgan fingerprint density at radius 3 is 2.31 bits per heavy atom. The van der Waals surface area contributed by atoms with Gasteiger partial charge in [-0.2, -0.15) is 0 Å². The predicted octanol–water partition coefficient (Wildman–Crippen LogP) is 4.24. The van der Waals surface area contributed by atoms with Crippen molar-refractivity contribution < 1.29 is 23.8 Å². The van der Waals surface area contributed by atoms with Crippen LogP contribution < -0.4 is 4.74 Å². The van der Waals surface area contributed by atoms with Gasteiger partial charge in [-0.3, -0.25) is 14.6 Å². The number of pyridine rings is 1. The third kappa shape index (κ3) is 4.09. The molecular weight excluding hydrogens is 411 g/mol. The number of rotatable bonds is 6. The van der Waals surface area contributed by atoms with Crippen molar-refractivity contribution in [2.45, 2.75) is 19.5 Å². The number of aliphatic hydroxyl groups is 1. The van der Waals surface area contributed by atoms with Gasteiger partial charge in [-0.1, -0.05) is 12.1 Å². The van der Waals surface area contributed by atoms with Crippen molar-refractivity contribution in [2.75, 3.05) is 6.61 Å². The largest absolute Gasteiger partial charge is 0.507 e. The SMILES string of the molecule is CCOc1ccc(/C(O)=C2/C(=O)C(=O)N(Cc3ccc(F)cc3)C2c2ccncc2)cc1. The van der Waals surface area contributed by atoms with Crippen LogP contribution in [0.25, 0.3) is 5.76 Å². The molecule has 1 unspecified atom stereocenters. The van der Waals surface area contributed by atoms with E-state index in [0.717, 1.165) is 0 Å². The smallest absolute Gasteiger partial charge is 0.295 e. The summed E-state index contributed by atoms with van der Waals surface area (Å²) in [7, 11) is 0. The fourth-order valence-electron chi connectivity index (χ4n) is 3.75. The second-order valence-electron chi connectivity index (χ2n) is 7.29. The van der Waals surface area contributed by atoms with Crippen molar-refractivity contribution in [3.63, 3.8) is 0 Å². The van der Waals surface area contributed by atoms with Crippen LogP contribution in [0.4, 0.5) is 4.39 Å². The average Bonchev–Trinajstić information content (AvgIpc) is 3.06. The lowest BCUT2D eigenvalue weighted by molar-refractivity contribution is -0.140. The first-order chi connectivity index (χ1) is 15.5. The first-order valence-corrected chi connectivity index (χ1v) is 10.2. The summed E-state index contributed by atoms with van der Waals surface area (Å²) in [5.74, 6) is -1.54. The van der Waals surface area contributed by atoms with Gasteiger partial charge in [0.25, 0.3) is 11.7 Å². The van der Waals surface area contributed by atoms with Crippen molar-refractivity contribution in [3.05, 3.63) is 101 Å². The Bertz CT molecular complexity index is 1160. The lowest BCUT2D eigenvalue weighted by Gasteiger charge is -2.25. The molecule has 1 N–H and O–H groups in total. The fraction of sp³-hybridized carbons (Fsp3) is 0.160. The molecular formula is C25H21FN2O4. The van der Waals surface area contributed by atoms with Gasteiger partial charge < -0.3 is 14.7 Å². The number of likely N-dealkylation sites (tertiary alicyclic amines) is 1. The van der Waals surface area contributed by atoms with E-state index in [1.54, 1.807) is 60.9 Å². The Hall–Kier alpha value is -4.00. The maximum atomic E-state index is 13.3. The molecule has 2 heterocycles. The minimum atomic E-state index is -0.811. The van der Waals surface area contributed by atoms with Gasteiger partial charge >= 0.3 is 0 Å². The summed E-state index contributed by atoms with van der Waals surface area (Å²) in [5, 5.41) is 11.1. The van der Waals surface area contributed by atoms with Gasteiger partial charge in [0, 0.05) is 24.5 Å². The first-order valence-electron chi connectivity index (χ1n) is 10.2. The highest BCUT2D eigenvalue weighted by atomic mass is 19.1. The molecule has 2 aromatic carbocycles. The number of benzene rings is 2. The highest BCUT2D eigenvalue weighted by Crippen LogP contribution is 2.40. The van der Waals surface area contributed by atoms with E-state index in [0.29, 0.717) is 29.0 Å². The minimum Gasteiger partial charge on any atom is -0.507 e. The van der Waals surface area contributed by atoms with Gasteiger partial charge in [-0.05, 0) is 66.6 Å². The minimum absolute atomic E-state index is 0.00697. The van der Waals surface area contributed by atoms with Crippen molar-refractivity contribution in [1.82, 2.24) is 9.88 Å². The first kappa shape index (κ1) is 21.2. The van der Waals surface area contributed by atoms with Crippen molar-refractivity contribution in [2.24, 2.45) is 0 Å². The molecule has 0 bridgehead atoms. The fourth-order valence-corrected chi connectivity index (χ4v) is 3.75. The summed E-state index contributed by atoms with van der Waals surface area (Å²) in [5.41, 5.74) is 1.68. The standard InChI is InChI=1S/C25H21FN2O4/c1-2-32-20-9-5-18(6-10-20)23(29)21-22(17-11-13-27-14-12-17)28(25(31)24(21)30)15-16-3-7-19(26)8-4-16/h3-14,22,29H,2,15H2,1H3/b23-21-. The Labute approximate surface area is 184 Å². The zero-order valence-corrected chi connectivity index (χ0v) is 17.4. The summed E-state index contributed by atoms with van der Waals surface area (Å²) >= 11 is 0. The van der Waals surface area contributed by atoms with Gasteiger partial charge in [-0.25, -0.2) is 4.39 Å². The summed E-state index contributed by atoms with van der Waals surface area (Å²) in [4.78, 5) is 31.4. The maximum Gasteiger partial charge on any atom is 0.295 e. The average molecular weight is 432 g/mol. The number of ketones is 1. The molecule has 4 rings (SSSR count). The second kappa shape index (κ2) is 9.01. The maximum absolute atomic E-state index is 13.3. The number of Topliss-reactive ketones (excluding diaryl/α,β-unsaturated/α-hetero) is 1. The number of nitrogens with zero attached hydrogens (tertiary/aromatic N) is 2. The predicted molar refractivity (Wildman–Crippen MR) is 116 cm³/mol. The third-order valence-corrected chi connectivity index (χ3v) is 5.27. The van der Waals surface area contributed by atoms with Crippen molar-refractivity contribution >= 4 is 17.4 Å². The van der Waals surface area contributed by atoms with Crippen LogP contribution in [0.1, 0.15) is 29.7 Å². The van der Waals surface area contributed by atoms with E-state index < -0.39 is 23.5 Å². The molecule has 6 nitrogen and oxygen atoms in total. The van der Waals surface area contributed by atoms with Crippen LogP contribution in [0.3, 0.4) is 0 Å². The lowest BCUT2D eigenvalue weighted by atomic mass is 9.96. The van der Waals surface area contributed by atoms with Gasteiger partial charge in [0.05, 0.1) is 18.2 Å². The molecule has 162 valence electrons. The van der Waals surface area contributed by atoms with E-state index >= 15 is 0 Å². The number of carbonyl (C=O) groups is 2. The summed E-state index contributed by atoms with van der Waals surface area (Å²) in [6, 6.07) is 14.9. The number of hydrogen-bond acceptors (Lipinski definition) is 5. The Morgan fingerprint density at radius 1 is 1.03 bits per heavy atom. The Kier molecular flexibility index (Phi) is 5.98. The number of ether oxygens (including phenoxy) is 1. The number of aromatic nitrogens is 1. The van der Waals surface area contributed by atoms with Crippen molar-refractivity contribution in [3.8, 4) is 5.75 Å². The van der Waals surface area contributed by atoms with Gasteiger partial charge in [0.2, 0.25) is 0 Å². The number of halogens is 1. The molecule has 32 heavy (non-hydrogen) atoms. The molecule has 1 atom stereocenters. The van der Waals surface area contributed by atoms with Crippen LogP contribution in [-0.4, -0.2) is 33.3 Å². The molecule has 0 saturated carbocycles. The number of amides is 1. The van der Waals surface area contributed by atoms with Crippen molar-refractivity contribution in [1.29, 1.82) is 0 Å². The highest BCUT2D eigenvalue weighted by Gasteiger charge is 2.46.